The Hall–Kier alpha value is -0.860. The molecule has 2 heteroatoms. The van der Waals surface area contributed by atoms with Gasteiger partial charge < -0.3 is 9.84 Å². The molecule has 0 radical (unpaired) electrons. The largest absolute Gasteiger partial charge is 0.388 e. The van der Waals surface area contributed by atoms with E-state index in [1.54, 1.807) is 0 Å². The fourth-order valence-corrected chi connectivity index (χ4v) is 1.89. The molecule has 0 amide bonds. The first-order valence-electron chi connectivity index (χ1n) is 5.21. The zero-order valence-corrected chi connectivity index (χ0v) is 8.23. The number of hydrogen-bond acceptors (Lipinski definition) is 2. The lowest BCUT2D eigenvalue weighted by Gasteiger charge is -2.15. The Labute approximate surface area is 84.5 Å². The number of ether oxygens (including phenoxy) is 1. The lowest BCUT2D eigenvalue weighted by Crippen LogP contribution is -2.11. The third kappa shape index (κ3) is 2.34. The first kappa shape index (κ1) is 9.69. The summed E-state index contributed by atoms with van der Waals surface area (Å²) in [6.45, 7) is 0.853. The lowest BCUT2D eigenvalue weighted by atomic mass is 10.0. The van der Waals surface area contributed by atoms with Gasteiger partial charge in [-0.15, -0.1) is 0 Å². The molecule has 1 heterocycles. The van der Waals surface area contributed by atoms with E-state index >= 15 is 0 Å². The van der Waals surface area contributed by atoms with Crippen molar-refractivity contribution in [2.24, 2.45) is 0 Å². The second-order valence-corrected chi connectivity index (χ2v) is 3.80. The molecule has 2 nitrogen and oxygen atoms in total. The minimum atomic E-state index is -0.376. The minimum Gasteiger partial charge on any atom is -0.388 e. The normalized spacial score (nSPS) is 23.6. The maximum atomic E-state index is 9.90. The van der Waals surface area contributed by atoms with Crippen molar-refractivity contribution in [2.75, 3.05) is 6.61 Å². The summed E-state index contributed by atoms with van der Waals surface area (Å²) in [4.78, 5) is 0. The van der Waals surface area contributed by atoms with E-state index in [-0.39, 0.29) is 12.2 Å². The van der Waals surface area contributed by atoms with Crippen molar-refractivity contribution in [3.8, 4) is 0 Å². The summed E-state index contributed by atoms with van der Waals surface area (Å²) in [7, 11) is 0. The Bertz CT molecular complexity index is 265. The highest BCUT2D eigenvalue weighted by molar-refractivity contribution is 5.17. The van der Waals surface area contributed by atoms with Gasteiger partial charge in [-0.1, -0.05) is 30.3 Å². The zero-order valence-electron chi connectivity index (χ0n) is 8.23. The maximum absolute atomic E-state index is 9.90. The van der Waals surface area contributed by atoms with Gasteiger partial charge in [0.2, 0.25) is 0 Å². The molecule has 0 aromatic heterocycles. The Morgan fingerprint density at radius 2 is 2.14 bits per heavy atom. The fraction of sp³-hybridized carbons (Fsp3) is 0.500. The van der Waals surface area contributed by atoms with E-state index in [2.05, 4.69) is 0 Å². The first-order valence-corrected chi connectivity index (χ1v) is 5.21. The molecule has 1 fully saturated rings. The summed E-state index contributed by atoms with van der Waals surface area (Å²) in [6, 6.07) is 9.78. The topological polar surface area (TPSA) is 29.5 Å². The quantitative estimate of drug-likeness (QED) is 0.796. The number of hydrogen-bond donors (Lipinski definition) is 1. The van der Waals surface area contributed by atoms with E-state index in [1.807, 2.05) is 30.3 Å². The van der Waals surface area contributed by atoms with Crippen LogP contribution in [0.15, 0.2) is 30.3 Å². The van der Waals surface area contributed by atoms with Crippen molar-refractivity contribution in [3.05, 3.63) is 35.9 Å². The van der Waals surface area contributed by atoms with Gasteiger partial charge in [-0.25, -0.2) is 0 Å². The number of rotatable bonds is 3. The molecule has 0 aliphatic carbocycles. The molecule has 1 aromatic rings. The van der Waals surface area contributed by atoms with Crippen LogP contribution in [0, 0.1) is 0 Å². The monoisotopic (exact) mass is 192 g/mol. The predicted molar refractivity (Wildman–Crippen MR) is 55.0 cm³/mol. The SMILES string of the molecule is OC(CC1CCCO1)c1ccccc1. The van der Waals surface area contributed by atoms with Crippen molar-refractivity contribution < 1.29 is 9.84 Å². The zero-order chi connectivity index (χ0) is 9.80. The predicted octanol–water partition coefficient (Wildman–Crippen LogP) is 2.29. The molecule has 0 saturated carbocycles. The average Bonchev–Trinajstić information content (AvgIpc) is 2.72. The summed E-state index contributed by atoms with van der Waals surface area (Å²) >= 11 is 0. The molecule has 2 atom stereocenters. The van der Waals surface area contributed by atoms with Gasteiger partial charge in [0.05, 0.1) is 12.2 Å². The second-order valence-electron chi connectivity index (χ2n) is 3.80. The van der Waals surface area contributed by atoms with Gasteiger partial charge in [-0.2, -0.15) is 0 Å². The molecule has 2 unspecified atom stereocenters. The van der Waals surface area contributed by atoms with Crippen LogP contribution < -0.4 is 0 Å². The highest BCUT2D eigenvalue weighted by Crippen LogP contribution is 2.24. The highest BCUT2D eigenvalue weighted by atomic mass is 16.5. The lowest BCUT2D eigenvalue weighted by molar-refractivity contribution is 0.0535. The van der Waals surface area contributed by atoms with Crippen molar-refractivity contribution in [3.63, 3.8) is 0 Å². The molecule has 1 aromatic carbocycles. The molecule has 1 saturated heterocycles. The highest BCUT2D eigenvalue weighted by Gasteiger charge is 2.19. The van der Waals surface area contributed by atoms with Gasteiger partial charge in [0.1, 0.15) is 0 Å². The number of aliphatic hydroxyl groups is 1. The molecule has 14 heavy (non-hydrogen) atoms. The molecule has 0 bridgehead atoms. The molecular weight excluding hydrogens is 176 g/mol. The minimum absolute atomic E-state index is 0.255. The number of aliphatic hydroxyl groups excluding tert-OH is 1. The van der Waals surface area contributed by atoms with Crippen LogP contribution in [0.4, 0.5) is 0 Å². The van der Waals surface area contributed by atoms with Crippen molar-refractivity contribution in [2.45, 2.75) is 31.5 Å². The van der Waals surface area contributed by atoms with E-state index in [1.165, 1.54) is 0 Å². The van der Waals surface area contributed by atoms with Crippen molar-refractivity contribution in [1.29, 1.82) is 0 Å². The van der Waals surface area contributed by atoms with Gasteiger partial charge in [0.15, 0.2) is 0 Å². The third-order valence-corrected chi connectivity index (χ3v) is 2.69. The molecule has 1 aliphatic heterocycles. The van der Waals surface area contributed by atoms with Gasteiger partial charge in [-0.3, -0.25) is 0 Å². The standard InChI is InChI=1S/C12H16O2/c13-12(9-11-7-4-8-14-11)10-5-2-1-3-6-10/h1-3,5-6,11-13H,4,7-9H2. The van der Waals surface area contributed by atoms with Crippen LogP contribution in [0.25, 0.3) is 0 Å². The van der Waals surface area contributed by atoms with Crippen LogP contribution in [0.5, 0.6) is 0 Å². The summed E-state index contributed by atoms with van der Waals surface area (Å²) in [5.74, 6) is 0. The molecular formula is C12H16O2. The second kappa shape index (κ2) is 4.58. The van der Waals surface area contributed by atoms with E-state index in [4.69, 9.17) is 4.74 Å². The van der Waals surface area contributed by atoms with E-state index in [9.17, 15) is 5.11 Å². The van der Waals surface area contributed by atoms with Gasteiger partial charge in [-0.05, 0) is 18.4 Å². The van der Waals surface area contributed by atoms with Crippen molar-refractivity contribution in [1.82, 2.24) is 0 Å². The Kier molecular flexibility index (Phi) is 3.17. The summed E-state index contributed by atoms with van der Waals surface area (Å²) in [5.41, 5.74) is 0.989. The smallest absolute Gasteiger partial charge is 0.0814 e. The molecule has 2 rings (SSSR count). The van der Waals surface area contributed by atoms with Crippen LogP contribution in [0.3, 0.4) is 0 Å². The first-order chi connectivity index (χ1) is 6.86. The molecule has 1 aliphatic rings. The maximum Gasteiger partial charge on any atom is 0.0814 e. The summed E-state index contributed by atoms with van der Waals surface area (Å²) < 4.78 is 5.49. The van der Waals surface area contributed by atoms with E-state index < -0.39 is 0 Å². The van der Waals surface area contributed by atoms with Crippen LogP contribution in [-0.2, 0) is 4.74 Å². The molecule has 0 spiro atoms. The Morgan fingerprint density at radius 3 is 2.79 bits per heavy atom. The van der Waals surface area contributed by atoms with E-state index in [0.717, 1.165) is 31.4 Å². The van der Waals surface area contributed by atoms with Gasteiger partial charge >= 0.3 is 0 Å². The van der Waals surface area contributed by atoms with Gasteiger partial charge in [0, 0.05) is 13.0 Å². The molecule has 76 valence electrons. The number of benzene rings is 1. The van der Waals surface area contributed by atoms with Crippen LogP contribution >= 0.6 is 0 Å². The summed E-state index contributed by atoms with van der Waals surface area (Å²) in [5, 5.41) is 9.90. The van der Waals surface area contributed by atoms with Crippen LogP contribution in [-0.4, -0.2) is 17.8 Å². The average molecular weight is 192 g/mol. The van der Waals surface area contributed by atoms with E-state index in [0.29, 0.717) is 0 Å². The van der Waals surface area contributed by atoms with Crippen molar-refractivity contribution >= 4 is 0 Å². The Balaban J connectivity index is 1.92. The summed E-state index contributed by atoms with van der Waals surface area (Å²) in [6.07, 6.45) is 2.82. The van der Waals surface area contributed by atoms with Crippen LogP contribution in [0.1, 0.15) is 30.9 Å². The van der Waals surface area contributed by atoms with Gasteiger partial charge in [0.25, 0.3) is 0 Å². The Morgan fingerprint density at radius 1 is 1.36 bits per heavy atom. The fourth-order valence-electron chi connectivity index (χ4n) is 1.89. The third-order valence-electron chi connectivity index (χ3n) is 2.69. The molecule has 1 N–H and O–H groups in total. The van der Waals surface area contributed by atoms with Crippen LogP contribution in [0.2, 0.25) is 0 Å².